The van der Waals surface area contributed by atoms with E-state index in [0.717, 1.165) is 23.4 Å². The molecule has 0 bridgehead atoms. The van der Waals surface area contributed by atoms with Crippen LogP contribution in [0.3, 0.4) is 0 Å². The van der Waals surface area contributed by atoms with Crippen LogP contribution in [-0.2, 0) is 17.8 Å². The number of fused-ring (bicyclic) bond motifs is 1. The molecule has 0 saturated carbocycles. The molecule has 2 N–H and O–H groups in total. The van der Waals surface area contributed by atoms with Gasteiger partial charge >= 0.3 is 0 Å². The van der Waals surface area contributed by atoms with Crippen molar-refractivity contribution in [3.05, 3.63) is 28.0 Å². The van der Waals surface area contributed by atoms with E-state index in [2.05, 4.69) is 20.5 Å². The van der Waals surface area contributed by atoms with E-state index in [1.54, 1.807) is 0 Å². The van der Waals surface area contributed by atoms with Crippen molar-refractivity contribution in [1.82, 2.24) is 15.2 Å². The zero-order chi connectivity index (χ0) is 12.5. The number of hydrogen-bond acceptors (Lipinski definition) is 5. The lowest BCUT2D eigenvalue weighted by molar-refractivity contribution is 0.0985. The van der Waals surface area contributed by atoms with E-state index in [-0.39, 0.29) is 5.91 Å². The molecule has 0 fully saturated rings. The van der Waals surface area contributed by atoms with Crippen molar-refractivity contribution < 1.29 is 9.53 Å². The van der Waals surface area contributed by atoms with Crippen LogP contribution in [0.2, 0.25) is 0 Å². The van der Waals surface area contributed by atoms with Gasteiger partial charge in [-0.1, -0.05) is 0 Å². The Hall–Kier alpha value is -1.73. The molecule has 0 unspecified atom stereocenters. The van der Waals surface area contributed by atoms with E-state index in [0.29, 0.717) is 24.0 Å². The molecule has 0 spiro atoms. The Morgan fingerprint density at radius 3 is 3.28 bits per heavy atom. The monoisotopic (exact) mass is 264 g/mol. The number of nitrogens with one attached hydrogen (secondary N) is 2. The number of carbonyl (C=O) groups is 1. The molecule has 2 aromatic heterocycles. The number of anilines is 1. The standard InChI is InChI=1S/C11H12N4O2S/c1-6-5-18-11(12-6)13-10(16)9-7-4-17-3-2-8(7)14-15-9/h5H,2-4H2,1H3,(H,14,15)(H,12,13,16). The third-order valence-electron chi connectivity index (χ3n) is 2.75. The number of H-pyrrole nitrogens is 1. The molecular formula is C11H12N4O2S. The first-order valence-electron chi connectivity index (χ1n) is 5.61. The Balaban J connectivity index is 1.82. The van der Waals surface area contributed by atoms with Crippen LogP contribution in [0.25, 0.3) is 0 Å². The molecule has 1 amide bonds. The minimum atomic E-state index is -0.243. The van der Waals surface area contributed by atoms with E-state index in [9.17, 15) is 4.79 Å². The van der Waals surface area contributed by atoms with Gasteiger partial charge in [-0.2, -0.15) is 5.10 Å². The fourth-order valence-corrected chi connectivity index (χ4v) is 2.55. The zero-order valence-corrected chi connectivity index (χ0v) is 10.6. The predicted octanol–water partition coefficient (Wildman–Crippen LogP) is 1.50. The van der Waals surface area contributed by atoms with Gasteiger partial charge < -0.3 is 4.74 Å². The zero-order valence-electron chi connectivity index (χ0n) is 9.82. The van der Waals surface area contributed by atoms with Crippen molar-refractivity contribution in [1.29, 1.82) is 0 Å². The molecule has 6 nitrogen and oxygen atoms in total. The van der Waals surface area contributed by atoms with Crippen molar-refractivity contribution in [2.75, 3.05) is 11.9 Å². The number of carbonyl (C=O) groups excluding carboxylic acids is 1. The molecule has 0 aromatic carbocycles. The van der Waals surface area contributed by atoms with Gasteiger partial charge in [-0.25, -0.2) is 4.98 Å². The molecule has 0 aliphatic carbocycles. The highest BCUT2D eigenvalue weighted by molar-refractivity contribution is 7.13. The smallest absolute Gasteiger partial charge is 0.278 e. The SMILES string of the molecule is Cc1csc(NC(=O)c2n[nH]c3c2COCC3)n1. The summed E-state index contributed by atoms with van der Waals surface area (Å²) in [6.45, 7) is 2.99. The van der Waals surface area contributed by atoms with Gasteiger partial charge in [0.05, 0.1) is 18.9 Å². The number of rotatable bonds is 2. The van der Waals surface area contributed by atoms with Gasteiger partial charge in [0.25, 0.3) is 5.91 Å². The fourth-order valence-electron chi connectivity index (χ4n) is 1.87. The Kier molecular flexibility index (Phi) is 2.85. The summed E-state index contributed by atoms with van der Waals surface area (Å²) in [5, 5.41) is 12.2. The maximum Gasteiger partial charge on any atom is 0.278 e. The Bertz CT molecular complexity index is 590. The Morgan fingerprint density at radius 2 is 2.50 bits per heavy atom. The van der Waals surface area contributed by atoms with Crippen LogP contribution < -0.4 is 5.32 Å². The van der Waals surface area contributed by atoms with Gasteiger partial charge in [-0.05, 0) is 6.92 Å². The van der Waals surface area contributed by atoms with E-state index in [4.69, 9.17) is 4.74 Å². The van der Waals surface area contributed by atoms with E-state index >= 15 is 0 Å². The van der Waals surface area contributed by atoms with Crippen molar-refractivity contribution in [2.24, 2.45) is 0 Å². The third kappa shape index (κ3) is 2.02. The van der Waals surface area contributed by atoms with Crippen molar-refractivity contribution in [2.45, 2.75) is 20.0 Å². The molecule has 3 heterocycles. The normalized spacial score (nSPS) is 14.3. The van der Waals surface area contributed by atoms with Crippen LogP contribution in [0.15, 0.2) is 5.38 Å². The van der Waals surface area contributed by atoms with Gasteiger partial charge in [-0.15, -0.1) is 11.3 Å². The lowest BCUT2D eigenvalue weighted by Crippen LogP contribution is -2.17. The van der Waals surface area contributed by atoms with Crippen LogP contribution in [-0.4, -0.2) is 27.7 Å². The van der Waals surface area contributed by atoms with Gasteiger partial charge in [0, 0.05) is 23.1 Å². The Morgan fingerprint density at radius 1 is 1.61 bits per heavy atom. The summed E-state index contributed by atoms with van der Waals surface area (Å²) in [5.41, 5.74) is 3.13. The van der Waals surface area contributed by atoms with E-state index in [1.165, 1.54) is 11.3 Å². The molecular weight excluding hydrogens is 252 g/mol. The number of hydrogen-bond donors (Lipinski definition) is 2. The van der Waals surface area contributed by atoms with Gasteiger partial charge in [0.1, 0.15) is 0 Å². The summed E-state index contributed by atoms with van der Waals surface area (Å²) in [6, 6.07) is 0. The summed E-state index contributed by atoms with van der Waals surface area (Å²) >= 11 is 1.40. The lowest BCUT2D eigenvalue weighted by atomic mass is 10.1. The number of ether oxygens (including phenoxy) is 1. The van der Waals surface area contributed by atoms with Gasteiger partial charge in [-0.3, -0.25) is 15.2 Å². The summed E-state index contributed by atoms with van der Waals surface area (Å²) in [4.78, 5) is 16.3. The lowest BCUT2D eigenvalue weighted by Gasteiger charge is -2.11. The van der Waals surface area contributed by atoms with E-state index in [1.807, 2.05) is 12.3 Å². The molecule has 0 atom stereocenters. The highest BCUT2D eigenvalue weighted by atomic mass is 32.1. The van der Waals surface area contributed by atoms with Crippen LogP contribution in [0, 0.1) is 6.92 Å². The number of aryl methyl sites for hydroxylation is 1. The first kappa shape index (κ1) is 11.4. The average molecular weight is 264 g/mol. The predicted molar refractivity (Wildman–Crippen MR) is 66.8 cm³/mol. The highest BCUT2D eigenvalue weighted by Gasteiger charge is 2.22. The molecule has 94 valence electrons. The summed E-state index contributed by atoms with van der Waals surface area (Å²) in [6.07, 6.45) is 0.770. The second-order valence-electron chi connectivity index (χ2n) is 4.08. The van der Waals surface area contributed by atoms with Gasteiger partial charge in [0.2, 0.25) is 0 Å². The number of thiazole rings is 1. The van der Waals surface area contributed by atoms with Crippen LogP contribution in [0.4, 0.5) is 5.13 Å². The number of aromatic nitrogens is 3. The average Bonchev–Trinajstić information content (AvgIpc) is 2.95. The first-order valence-corrected chi connectivity index (χ1v) is 6.49. The molecule has 18 heavy (non-hydrogen) atoms. The first-order chi connectivity index (χ1) is 8.74. The second kappa shape index (κ2) is 4.51. The topological polar surface area (TPSA) is 79.9 Å². The van der Waals surface area contributed by atoms with Crippen molar-refractivity contribution in [3.63, 3.8) is 0 Å². The number of nitrogens with zero attached hydrogens (tertiary/aromatic N) is 2. The molecule has 1 aliphatic rings. The minimum absolute atomic E-state index is 0.243. The highest BCUT2D eigenvalue weighted by Crippen LogP contribution is 2.20. The molecule has 0 saturated heterocycles. The van der Waals surface area contributed by atoms with Crippen LogP contribution in [0.1, 0.15) is 27.4 Å². The van der Waals surface area contributed by atoms with Gasteiger partial charge in [0.15, 0.2) is 10.8 Å². The maximum atomic E-state index is 12.1. The second-order valence-corrected chi connectivity index (χ2v) is 4.94. The quantitative estimate of drug-likeness (QED) is 0.861. The Labute approximate surface area is 107 Å². The van der Waals surface area contributed by atoms with Crippen molar-refractivity contribution in [3.8, 4) is 0 Å². The van der Waals surface area contributed by atoms with Crippen LogP contribution in [0.5, 0.6) is 0 Å². The molecule has 1 aliphatic heterocycles. The summed E-state index contributed by atoms with van der Waals surface area (Å²) < 4.78 is 5.35. The summed E-state index contributed by atoms with van der Waals surface area (Å²) in [7, 11) is 0. The summed E-state index contributed by atoms with van der Waals surface area (Å²) in [5.74, 6) is -0.243. The minimum Gasteiger partial charge on any atom is -0.376 e. The molecule has 3 rings (SSSR count). The maximum absolute atomic E-state index is 12.1. The molecule has 7 heteroatoms. The third-order valence-corrected chi connectivity index (χ3v) is 3.63. The van der Waals surface area contributed by atoms with E-state index < -0.39 is 0 Å². The molecule has 2 aromatic rings. The molecule has 0 radical (unpaired) electrons. The number of amides is 1. The van der Waals surface area contributed by atoms with Crippen LogP contribution >= 0.6 is 11.3 Å². The fraction of sp³-hybridized carbons (Fsp3) is 0.364. The van der Waals surface area contributed by atoms with Crippen molar-refractivity contribution >= 4 is 22.4 Å². The largest absolute Gasteiger partial charge is 0.376 e. The number of aromatic amines is 1.